The minimum Gasteiger partial charge on any atom is -0.489 e. The van der Waals surface area contributed by atoms with Crippen molar-refractivity contribution in [2.45, 2.75) is 26.1 Å². The van der Waals surface area contributed by atoms with E-state index in [-0.39, 0.29) is 0 Å². The van der Waals surface area contributed by atoms with E-state index in [4.69, 9.17) is 4.74 Å². The third kappa shape index (κ3) is 4.71. The molecule has 1 atom stereocenters. The van der Waals surface area contributed by atoms with Crippen LogP contribution in [0.4, 0.5) is 0 Å². The van der Waals surface area contributed by atoms with E-state index in [9.17, 15) is 0 Å². The van der Waals surface area contributed by atoms with E-state index in [1.165, 1.54) is 16.7 Å². The Morgan fingerprint density at radius 1 is 0.750 bits per heavy atom. The van der Waals surface area contributed by atoms with Gasteiger partial charge in [-0.1, -0.05) is 60.7 Å². The van der Waals surface area contributed by atoms with Crippen LogP contribution >= 0.6 is 0 Å². The van der Waals surface area contributed by atoms with Crippen molar-refractivity contribution >= 4 is 0 Å². The molecule has 3 rings (SSSR count). The maximum Gasteiger partial charge on any atom is 0.119 e. The van der Waals surface area contributed by atoms with Crippen LogP contribution in [0.5, 0.6) is 5.75 Å². The fourth-order valence-electron chi connectivity index (χ4n) is 2.67. The van der Waals surface area contributed by atoms with E-state index in [2.05, 4.69) is 79.0 Å². The smallest absolute Gasteiger partial charge is 0.119 e. The van der Waals surface area contributed by atoms with Gasteiger partial charge in [0.25, 0.3) is 0 Å². The Morgan fingerprint density at radius 2 is 1.38 bits per heavy atom. The maximum atomic E-state index is 5.83. The van der Waals surface area contributed by atoms with E-state index >= 15 is 0 Å². The topological polar surface area (TPSA) is 25.8 Å². The number of benzene rings is 3. The first-order valence-electron chi connectivity index (χ1n) is 8.45. The minimum atomic E-state index is 0.459. The molecule has 0 radical (unpaired) electrons. The van der Waals surface area contributed by atoms with Gasteiger partial charge in [-0.2, -0.15) is 0 Å². The SMILES string of the molecule is C[C@H]([NH2+]Cc1ccc(OCc2ccccc2)cc1)c1ccccc1. The number of ether oxygens (including phenoxy) is 1. The first-order chi connectivity index (χ1) is 11.8. The summed E-state index contributed by atoms with van der Waals surface area (Å²) in [6.07, 6.45) is 0. The molecule has 0 unspecified atom stereocenters. The maximum absolute atomic E-state index is 5.83. The number of quaternary nitrogens is 1. The highest BCUT2D eigenvalue weighted by Crippen LogP contribution is 2.14. The summed E-state index contributed by atoms with van der Waals surface area (Å²) in [4.78, 5) is 0. The molecule has 2 N–H and O–H groups in total. The Labute approximate surface area is 144 Å². The number of hydrogen-bond acceptors (Lipinski definition) is 1. The van der Waals surface area contributed by atoms with Crippen molar-refractivity contribution in [3.05, 3.63) is 102 Å². The van der Waals surface area contributed by atoms with Gasteiger partial charge in [-0.3, -0.25) is 0 Å². The van der Waals surface area contributed by atoms with Gasteiger partial charge in [-0.15, -0.1) is 0 Å². The van der Waals surface area contributed by atoms with Crippen molar-refractivity contribution in [2.75, 3.05) is 0 Å². The van der Waals surface area contributed by atoms with E-state index in [0.717, 1.165) is 12.3 Å². The fraction of sp³-hybridized carbons (Fsp3) is 0.182. The van der Waals surface area contributed by atoms with Crippen molar-refractivity contribution < 1.29 is 10.1 Å². The third-order valence-corrected chi connectivity index (χ3v) is 4.20. The molecule has 122 valence electrons. The molecule has 0 aliphatic carbocycles. The van der Waals surface area contributed by atoms with Gasteiger partial charge in [0.2, 0.25) is 0 Å². The number of nitrogens with two attached hydrogens (primary N) is 1. The molecule has 0 fully saturated rings. The molecule has 0 saturated heterocycles. The second kappa shape index (κ2) is 8.32. The van der Waals surface area contributed by atoms with Gasteiger partial charge in [-0.05, 0) is 36.8 Å². The molecule has 0 bridgehead atoms. The molecule has 24 heavy (non-hydrogen) atoms. The van der Waals surface area contributed by atoms with Crippen LogP contribution in [0.1, 0.15) is 29.7 Å². The largest absolute Gasteiger partial charge is 0.489 e. The van der Waals surface area contributed by atoms with Crippen LogP contribution in [0.15, 0.2) is 84.9 Å². The lowest BCUT2D eigenvalue weighted by molar-refractivity contribution is -0.707. The summed E-state index contributed by atoms with van der Waals surface area (Å²) < 4.78 is 5.83. The van der Waals surface area contributed by atoms with E-state index in [0.29, 0.717) is 12.6 Å². The van der Waals surface area contributed by atoms with E-state index < -0.39 is 0 Å². The van der Waals surface area contributed by atoms with Crippen LogP contribution < -0.4 is 10.1 Å². The van der Waals surface area contributed by atoms with Crippen molar-refractivity contribution in [3.8, 4) is 5.75 Å². The Kier molecular flexibility index (Phi) is 5.65. The van der Waals surface area contributed by atoms with Crippen LogP contribution in [0.2, 0.25) is 0 Å². The number of hydrogen-bond donors (Lipinski definition) is 1. The molecule has 0 amide bonds. The van der Waals surface area contributed by atoms with Crippen LogP contribution in [-0.4, -0.2) is 0 Å². The average Bonchev–Trinajstić information content (AvgIpc) is 2.67. The predicted octanol–water partition coefficient (Wildman–Crippen LogP) is 4.09. The van der Waals surface area contributed by atoms with Gasteiger partial charge in [-0.25, -0.2) is 0 Å². The van der Waals surface area contributed by atoms with E-state index in [1.807, 2.05) is 18.2 Å². The van der Waals surface area contributed by atoms with Gasteiger partial charge < -0.3 is 10.1 Å². The summed E-state index contributed by atoms with van der Waals surface area (Å²) >= 11 is 0. The van der Waals surface area contributed by atoms with Crippen molar-refractivity contribution in [1.29, 1.82) is 0 Å². The Morgan fingerprint density at radius 3 is 2.04 bits per heavy atom. The normalized spacial score (nSPS) is 11.9. The molecule has 0 spiro atoms. The quantitative estimate of drug-likeness (QED) is 0.697. The van der Waals surface area contributed by atoms with Crippen LogP contribution in [0, 0.1) is 0 Å². The Bertz CT molecular complexity index is 723. The lowest BCUT2D eigenvalue weighted by Gasteiger charge is -2.11. The molecular formula is C22H24NO+. The Balaban J connectivity index is 1.49. The van der Waals surface area contributed by atoms with Gasteiger partial charge >= 0.3 is 0 Å². The minimum absolute atomic E-state index is 0.459. The monoisotopic (exact) mass is 318 g/mol. The third-order valence-electron chi connectivity index (χ3n) is 4.20. The second-order valence-electron chi connectivity index (χ2n) is 6.06. The molecule has 2 nitrogen and oxygen atoms in total. The van der Waals surface area contributed by atoms with Gasteiger partial charge in [0.05, 0.1) is 0 Å². The lowest BCUT2D eigenvalue weighted by Crippen LogP contribution is -2.83. The highest BCUT2D eigenvalue weighted by Gasteiger charge is 2.07. The predicted molar refractivity (Wildman–Crippen MR) is 97.7 cm³/mol. The molecular weight excluding hydrogens is 294 g/mol. The van der Waals surface area contributed by atoms with Gasteiger partial charge in [0, 0.05) is 11.1 Å². The summed E-state index contributed by atoms with van der Waals surface area (Å²) in [7, 11) is 0. The molecule has 0 aliphatic heterocycles. The summed E-state index contributed by atoms with van der Waals surface area (Å²) in [5.74, 6) is 0.915. The van der Waals surface area contributed by atoms with Crippen molar-refractivity contribution in [1.82, 2.24) is 0 Å². The highest BCUT2D eigenvalue weighted by molar-refractivity contribution is 5.27. The van der Waals surface area contributed by atoms with Crippen LogP contribution in [0.3, 0.4) is 0 Å². The molecule has 0 saturated carbocycles. The molecule has 0 heterocycles. The first-order valence-corrected chi connectivity index (χ1v) is 8.45. The van der Waals surface area contributed by atoms with E-state index in [1.54, 1.807) is 0 Å². The van der Waals surface area contributed by atoms with Crippen molar-refractivity contribution in [3.63, 3.8) is 0 Å². The molecule has 2 heteroatoms. The molecule has 0 aliphatic rings. The van der Waals surface area contributed by atoms with Crippen LogP contribution in [0.25, 0.3) is 0 Å². The summed E-state index contributed by atoms with van der Waals surface area (Å²) in [6.45, 7) is 3.82. The summed E-state index contributed by atoms with van der Waals surface area (Å²) in [5, 5.41) is 2.36. The van der Waals surface area contributed by atoms with Gasteiger partial charge in [0.1, 0.15) is 24.9 Å². The summed E-state index contributed by atoms with van der Waals surface area (Å²) in [6, 6.07) is 29.7. The standard InChI is InChI=1S/C22H23NO/c1-18(21-10-6-3-7-11-21)23-16-19-12-14-22(15-13-19)24-17-20-8-4-2-5-9-20/h2-15,18,23H,16-17H2,1H3/p+1/t18-/m0/s1. The summed E-state index contributed by atoms with van der Waals surface area (Å²) in [5.41, 5.74) is 3.86. The lowest BCUT2D eigenvalue weighted by atomic mass is 10.1. The fourth-order valence-corrected chi connectivity index (χ4v) is 2.67. The molecule has 0 aromatic heterocycles. The van der Waals surface area contributed by atoms with Crippen LogP contribution in [-0.2, 0) is 13.2 Å². The van der Waals surface area contributed by atoms with Crippen molar-refractivity contribution in [2.24, 2.45) is 0 Å². The zero-order valence-corrected chi connectivity index (χ0v) is 14.1. The molecule has 3 aromatic rings. The zero-order valence-electron chi connectivity index (χ0n) is 14.1. The highest BCUT2D eigenvalue weighted by atomic mass is 16.5. The molecule has 3 aromatic carbocycles. The Hall–Kier alpha value is -2.58. The number of rotatable bonds is 7. The average molecular weight is 318 g/mol. The zero-order chi connectivity index (χ0) is 16.6. The van der Waals surface area contributed by atoms with Gasteiger partial charge in [0.15, 0.2) is 0 Å². The first kappa shape index (κ1) is 16.3. The second-order valence-corrected chi connectivity index (χ2v) is 6.06.